The van der Waals surface area contributed by atoms with Crippen molar-refractivity contribution in [2.45, 2.75) is 36.7 Å². The monoisotopic (exact) mass is 406 g/mol. The first kappa shape index (κ1) is 21.4. The molecule has 0 saturated carbocycles. The highest BCUT2D eigenvalue weighted by atomic mass is 32.3. The number of sulfonamides is 2. The van der Waals surface area contributed by atoms with E-state index < -0.39 is 31.1 Å². The van der Waals surface area contributed by atoms with Gasteiger partial charge in [-0.25, -0.2) is 16.8 Å². The maximum atomic E-state index is 11.4. The lowest BCUT2D eigenvalue weighted by Crippen LogP contribution is -2.41. The molecule has 0 aromatic heterocycles. The van der Waals surface area contributed by atoms with Gasteiger partial charge in [0.05, 0.1) is 26.2 Å². The summed E-state index contributed by atoms with van der Waals surface area (Å²) in [5.41, 5.74) is -12.4. The van der Waals surface area contributed by atoms with Crippen molar-refractivity contribution in [1.29, 1.82) is 0 Å². The Hall–Kier alpha value is -0.600. The largest absolute Gasteiger partial charge is 0.480 e. The minimum Gasteiger partial charge on any atom is -0.421 e. The number of hydrogen-bond donors (Lipinski definition) is 0. The quantitative estimate of drug-likeness (QED) is 0.521. The van der Waals surface area contributed by atoms with Gasteiger partial charge in [-0.05, 0) is 0 Å². The van der Waals surface area contributed by atoms with E-state index in [0.29, 0.717) is 0 Å². The van der Waals surface area contributed by atoms with E-state index in [-0.39, 0.29) is 0 Å². The van der Waals surface area contributed by atoms with Gasteiger partial charge >= 0.3 is 11.0 Å². The van der Waals surface area contributed by atoms with Crippen LogP contribution in [0, 0.1) is 0 Å². The molecule has 2 rings (SSSR count). The van der Waals surface area contributed by atoms with E-state index in [9.17, 15) is 43.2 Å². The average Bonchev–Trinajstić information content (AvgIpc) is 2.99. The fourth-order valence-corrected chi connectivity index (χ4v) is 4.38. The third-order valence-electron chi connectivity index (χ3n) is 3.81. The Morgan fingerprint density at radius 2 is 0.875 bits per heavy atom. The summed E-state index contributed by atoms with van der Waals surface area (Å²) in [5.74, 6) is 0. The van der Waals surface area contributed by atoms with Gasteiger partial charge in [0, 0.05) is 25.7 Å². The van der Waals surface area contributed by atoms with Gasteiger partial charge in [-0.15, -0.1) is 0 Å². The summed E-state index contributed by atoms with van der Waals surface area (Å²) in [6.07, 6.45) is 6.00. The minimum atomic E-state index is -6.72. The van der Waals surface area contributed by atoms with Crippen molar-refractivity contribution in [2.75, 3.05) is 26.2 Å². The first-order valence-electron chi connectivity index (χ1n) is 6.84. The maximum Gasteiger partial charge on any atom is 0.480 e. The fraction of sp³-hybridized carbons (Fsp3) is 1.00. The van der Waals surface area contributed by atoms with Gasteiger partial charge in [0.1, 0.15) is 0 Å². The molecule has 0 aromatic carbocycles. The van der Waals surface area contributed by atoms with Gasteiger partial charge in [0.25, 0.3) is 0 Å². The first-order valence-corrected chi connectivity index (χ1v) is 9.72. The third-order valence-corrected chi connectivity index (χ3v) is 6.55. The van der Waals surface area contributed by atoms with Gasteiger partial charge in [0.15, 0.2) is 20.0 Å². The molecule has 1 spiro atoms. The zero-order valence-corrected chi connectivity index (χ0v) is 13.9. The summed E-state index contributed by atoms with van der Waals surface area (Å²) in [6, 6.07) is 0. The predicted molar refractivity (Wildman–Crippen MR) is 71.5 cm³/mol. The van der Waals surface area contributed by atoms with Crippen LogP contribution in [-0.4, -0.2) is 58.5 Å². The number of quaternary nitrogens is 1. The molecule has 14 heteroatoms. The molecule has 0 unspecified atom stereocenters. The lowest BCUT2D eigenvalue weighted by atomic mass is 10.4. The van der Waals surface area contributed by atoms with Gasteiger partial charge < -0.3 is 8.61 Å². The Kier molecular flexibility index (Phi) is 6.22. The van der Waals surface area contributed by atoms with Crippen molar-refractivity contribution in [3.8, 4) is 0 Å². The van der Waals surface area contributed by atoms with E-state index in [1.165, 1.54) is 56.3 Å². The molecule has 2 aliphatic rings. The molecule has 0 atom stereocenters. The normalized spacial score (nSPS) is 21.6. The van der Waals surface area contributed by atoms with Crippen LogP contribution in [0.1, 0.15) is 25.7 Å². The van der Waals surface area contributed by atoms with Crippen LogP contribution in [0.2, 0.25) is 0 Å². The molecule has 6 nitrogen and oxygen atoms in total. The molecule has 24 heavy (non-hydrogen) atoms. The molecule has 0 aliphatic carbocycles. The standard InChI is InChI=1S/C8H16N.C2F6NO4S2/c1-2-6-9(5-1)7-3-4-8-9;3-1(4,5)14(10,11)9-15(12,13)2(6,7)8/h1-8H2;/q+1;-1. The summed E-state index contributed by atoms with van der Waals surface area (Å²) in [7, 11) is -13.4. The number of hydrogen-bond acceptors (Lipinski definition) is 4. The molecule has 2 fully saturated rings. The Bertz CT molecular complexity index is 570. The molecule has 2 saturated heterocycles. The Balaban J connectivity index is 0.000000267. The van der Waals surface area contributed by atoms with Crippen LogP contribution in [-0.2, 0) is 20.0 Å². The highest BCUT2D eigenvalue weighted by molar-refractivity contribution is 8.13. The van der Waals surface area contributed by atoms with Crippen molar-refractivity contribution in [2.24, 2.45) is 0 Å². The molecule has 0 aromatic rings. The third kappa shape index (κ3) is 5.20. The predicted octanol–water partition coefficient (Wildman–Crippen LogP) is 2.45. The van der Waals surface area contributed by atoms with Crippen LogP contribution in [0.4, 0.5) is 26.3 Å². The van der Waals surface area contributed by atoms with E-state index in [1.807, 2.05) is 0 Å². The molecule has 2 aliphatic heterocycles. The van der Waals surface area contributed by atoms with Crippen molar-refractivity contribution < 1.29 is 47.7 Å². The summed E-state index contributed by atoms with van der Waals surface area (Å²) in [5, 5.41) is 0. The van der Waals surface area contributed by atoms with E-state index in [2.05, 4.69) is 0 Å². The minimum absolute atomic E-state index is 0.778. The van der Waals surface area contributed by atoms with Gasteiger partial charge in [-0.1, -0.05) is 0 Å². The maximum absolute atomic E-state index is 11.4. The molecule has 144 valence electrons. The summed E-state index contributed by atoms with van der Waals surface area (Å²) < 4.78 is 111. The molecule has 0 amide bonds. The zero-order chi connectivity index (χ0) is 18.9. The number of alkyl halides is 6. The summed E-state index contributed by atoms with van der Waals surface area (Å²) in [4.78, 5) is 0. The number of nitrogens with zero attached hydrogens (tertiary/aromatic N) is 2. The van der Waals surface area contributed by atoms with Crippen LogP contribution in [0.3, 0.4) is 0 Å². The highest BCUT2D eigenvalue weighted by Gasteiger charge is 2.46. The Labute approximate surface area is 135 Å². The molecule has 0 radical (unpaired) electrons. The second-order valence-corrected chi connectivity index (χ2v) is 8.99. The van der Waals surface area contributed by atoms with Gasteiger partial charge in [-0.3, -0.25) is 0 Å². The lowest BCUT2D eigenvalue weighted by molar-refractivity contribution is -0.904. The number of rotatable bonds is 2. The van der Waals surface area contributed by atoms with E-state index in [4.69, 9.17) is 0 Å². The van der Waals surface area contributed by atoms with E-state index in [1.54, 1.807) is 0 Å². The second kappa shape index (κ2) is 6.96. The van der Waals surface area contributed by atoms with Crippen LogP contribution >= 0.6 is 0 Å². The topological polar surface area (TPSA) is 82.4 Å². The highest BCUT2D eigenvalue weighted by Crippen LogP contribution is 2.36. The average molecular weight is 406 g/mol. The Morgan fingerprint density at radius 3 is 1.08 bits per heavy atom. The van der Waals surface area contributed by atoms with Crippen molar-refractivity contribution in [3.63, 3.8) is 0 Å². The zero-order valence-electron chi connectivity index (χ0n) is 12.3. The molecular formula is C10H16F6N2O4S2. The van der Waals surface area contributed by atoms with Crippen molar-refractivity contribution >= 4 is 20.0 Å². The van der Waals surface area contributed by atoms with Gasteiger partial charge in [-0.2, -0.15) is 26.3 Å². The Morgan fingerprint density at radius 1 is 0.625 bits per heavy atom. The number of halogens is 6. The van der Waals surface area contributed by atoms with Crippen molar-refractivity contribution in [3.05, 3.63) is 4.13 Å². The van der Waals surface area contributed by atoms with Crippen molar-refractivity contribution in [1.82, 2.24) is 0 Å². The van der Waals surface area contributed by atoms with E-state index >= 15 is 0 Å². The second-order valence-electron chi connectivity index (χ2n) is 5.57. The van der Waals surface area contributed by atoms with E-state index in [0.717, 1.165) is 4.13 Å². The van der Waals surface area contributed by atoms with Gasteiger partial charge in [0.2, 0.25) is 0 Å². The molecule has 0 N–H and O–H groups in total. The summed E-state index contributed by atoms with van der Waals surface area (Å²) in [6.45, 7) is 6.00. The summed E-state index contributed by atoms with van der Waals surface area (Å²) >= 11 is 0. The molecular weight excluding hydrogens is 390 g/mol. The molecule has 0 bridgehead atoms. The lowest BCUT2D eigenvalue weighted by Gasteiger charge is -2.27. The first-order chi connectivity index (χ1) is 10.6. The SMILES string of the molecule is C1CC[N+]2(C1)CCCC2.O=S(=O)([N-]S(=O)(=O)C(F)(F)F)C(F)(F)F. The van der Waals surface area contributed by atoms with Crippen LogP contribution in [0.25, 0.3) is 4.13 Å². The van der Waals surface area contributed by atoms with Crippen LogP contribution in [0.5, 0.6) is 0 Å². The fourth-order valence-electron chi connectivity index (χ4n) is 2.67. The van der Waals surface area contributed by atoms with Crippen LogP contribution in [0.15, 0.2) is 0 Å². The van der Waals surface area contributed by atoms with Crippen LogP contribution < -0.4 is 0 Å². The molecule has 2 heterocycles. The smallest absolute Gasteiger partial charge is 0.421 e.